The fourth-order valence-corrected chi connectivity index (χ4v) is 2.36. The molecule has 4 heteroatoms. The van der Waals surface area contributed by atoms with Gasteiger partial charge in [-0.1, -0.05) is 38.4 Å². The van der Waals surface area contributed by atoms with E-state index in [1.807, 2.05) is 0 Å². The summed E-state index contributed by atoms with van der Waals surface area (Å²) in [5.74, 6) is 0.209. The molecule has 0 saturated heterocycles. The van der Waals surface area contributed by atoms with Crippen LogP contribution in [0.15, 0.2) is 12.2 Å². The highest BCUT2D eigenvalue weighted by atomic mass is 79.9. The highest BCUT2D eigenvalue weighted by molar-refractivity contribution is 9.09. The minimum absolute atomic E-state index is 0.303. The van der Waals surface area contributed by atoms with Gasteiger partial charge in [0.05, 0.1) is 6.61 Å². The van der Waals surface area contributed by atoms with Crippen LogP contribution in [0.25, 0.3) is 0 Å². The summed E-state index contributed by atoms with van der Waals surface area (Å²) in [5, 5.41) is 1.84. The average Bonchev–Trinajstić information content (AvgIpc) is 2.12. The molecule has 2 nitrogen and oxygen atoms in total. The second-order valence-corrected chi connectivity index (χ2v) is 4.17. The number of rotatable bonds is 6. The highest BCUT2D eigenvalue weighted by Gasteiger charge is 2.07. The van der Waals surface area contributed by atoms with Crippen molar-refractivity contribution >= 4 is 37.8 Å². The van der Waals surface area contributed by atoms with Crippen LogP contribution >= 0.6 is 31.9 Å². The first-order valence-electron chi connectivity index (χ1n) is 4.06. The molecule has 0 heterocycles. The molecule has 13 heavy (non-hydrogen) atoms. The van der Waals surface area contributed by atoms with Crippen molar-refractivity contribution in [3.05, 3.63) is 12.2 Å². The molecule has 0 amide bonds. The van der Waals surface area contributed by atoms with E-state index >= 15 is 0 Å². The van der Waals surface area contributed by atoms with E-state index in [9.17, 15) is 4.79 Å². The normalized spacial score (nSPS) is 10.2. The fraction of sp³-hybridized carbons (Fsp3) is 0.667. The van der Waals surface area contributed by atoms with Gasteiger partial charge in [-0.15, -0.1) is 0 Å². The molecule has 0 saturated carbocycles. The van der Waals surface area contributed by atoms with Gasteiger partial charge in [-0.05, 0) is 19.3 Å². The third-order valence-corrected chi connectivity index (χ3v) is 3.38. The molecular weight excluding hydrogens is 300 g/mol. The van der Waals surface area contributed by atoms with Gasteiger partial charge in [-0.25, -0.2) is 4.79 Å². The lowest BCUT2D eigenvalue weighted by molar-refractivity contribution is -0.139. The minimum Gasteiger partial charge on any atom is -0.462 e. The summed E-state index contributed by atoms with van der Waals surface area (Å²) in [6.45, 7) is 5.61. The van der Waals surface area contributed by atoms with E-state index in [1.165, 1.54) is 0 Å². The zero-order valence-electron chi connectivity index (χ0n) is 7.69. The number of hydrogen-bond acceptors (Lipinski definition) is 2. The average molecular weight is 314 g/mol. The van der Waals surface area contributed by atoms with E-state index in [1.54, 1.807) is 6.92 Å². The largest absolute Gasteiger partial charge is 0.462 e. The van der Waals surface area contributed by atoms with Crippen molar-refractivity contribution in [1.29, 1.82) is 0 Å². The Kier molecular flexibility index (Phi) is 7.66. The van der Waals surface area contributed by atoms with E-state index in [2.05, 4.69) is 38.4 Å². The molecule has 0 radical (unpaired) electrons. The van der Waals surface area contributed by atoms with Crippen molar-refractivity contribution < 1.29 is 9.53 Å². The van der Waals surface area contributed by atoms with E-state index in [4.69, 9.17) is 4.74 Å². The highest BCUT2D eigenvalue weighted by Crippen LogP contribution is 2.10. The second-order valence-electron chi connectivity index (χ2n) is 2.88. The Morgan fingerprint density at radius 2 is 2.00 bits per heavy atom. The Balaban J connectivity index is 3.54. The lowest BCUT2D eigenvalue weighted by atomic mass is 10.1. The van der Waals surface area contributed by atoms with Crippen molar-refractivity contribution in [1.82, 2.24) is 0 Å². The van der Waals surface area contributed by atoms with Crippen LogP contribution in [0.3, 0.4) is 0 Å². The zero-order valence-corrected chi connectivity index (χ0v) is 10.9. The summed E-state index contributed by atoms with van der Waals surface area (Å²) in [7, 11) is 0. The van der Waals surface area contributed by atoms with Crippen LogP contribution in [0.5, 0.6) is 0 Å². The number of carbonyl (C=O) groups excluding carboxylic acids is 1. The summed E-state index contributed by atoms with van der Waals surface area (Å²) in [4.78, 5) is 11.0. The van der Waals surface area contributed by atoms with Gasteiger partial charge in [0.1, 0.15) is 0 Å². The van der Waals surface area contributed by atoms with E-state index in [0.29, 0.717) is 18.1 Å². The van der Waals surface area contributed by atoms with Gasteiger partial charge in [0, 0.05) is 16.2 Å². The number of alkyl halides is 2. The van der Waals surface area contributed by atoms with Crippen LogP contribution in [-0.4, -0.2) is 23.2 Å². The summed E-state index contributed by atoms with van der Waals surface area (Å²) >= 11 is 6.77. The van der Waals surface area contributed by atoms with Gasteiger partial charge < -0.3 is 4.74 Å². The maximum absolute atomic E-state index is 11.0. The molecule has 76 valence electrons. The van der Waals surface area contributed by atoms with Crippen LogP contribution in [0, 0.1) is 5.92 Å². The van der Waals surface area contributed by atoms with Gasteiger partial charge >= 0.3 is 5.97 Å². The Hall–Kier alpha value is 0.170. The van der Waals surface area contributed by atoms with Crippen LogP contribution < -0.4 is 0 Å². The van der Waals surface area contributed by atoms with Crippen LogP contribution in [0.2, 0.25) is 0 Å². The number of halogens is 2. The third-order valence-electron chi connectivity index (χ3n) is 1.54. The van der Waals surface area contributed by atoms with E-state index < -0.39 is 0 Å². The number of ether oxygens (including phenoxy) is 1. The molecule has 0 aliphatic rings. The molecular formula is C9H14Br2O2. The van der Waals surface area contributed by atoms with Crippen molar-refractivity contribution in [3.63, 3.8) is 0 Å². The van der Waals surface area contributed by atoms with Crippen LogP contribution in [0.4, 0.5) is 0 Å². The second kappa shape index (κ2) is 7.56. The van der Waals surface area contributed by atoms with Crippen molar-refractivity contribution in [2.45, 2.75) is 13.3 Å². The monoisotopic (exact) mass is 312 g/mol. The molecule has 0 aliphatic heterocycles. The lowest BCUT2D eigenvalue weighted by Gasteiger charge is -2.10. The fourth-order valence-electron chi connectivity index (χ4n) is 0.637. The summed E-state index contributed by atoms with van der Waals surface area (Å²) < 4.78 is 4.96. The molecule has 0 aromatic rings. The third kappa shape index (κ3) is 6.27. The van der Waals surface area contributed by atoms with Gasteiger partial charge in [-0.2, -0.15) is 0 Å². The molecule has 0 bridgehead atoms. The molecule has 0 aliphatic carbocycles. The Morgan fingerprint density at radius 1 is 1.46 bits per heavy atom. The Bertz CT molecular complexity index is 176. The SMILES string of the molecule is C=C(C)C(=O)OCCC(CBr)CBr. The summed E-state index contributed by atoms with van der Waals surface area (Å²) in [6.07, 6.45) is 0.871. The maximum Gasteiger partial charge on any atom is 0.333 e. The summed E-state index contributed by atoms with van der Waals surface area (Å²) in [6, 6.07) is 0. The zero-order chi connectivity index (χ0) is 10.3. The number of hydrogen-bond donors (Lipinski definition) is 0. The van der Waals surface area contributed by atoms with Gasteiger partial charge in [0.15, 0.2) is 0 Å². The van der Waals surface area contributed by atoms with Gasteiger partial charge in [0.25, 0.3) is 0 Å². The number of carbonyl (C=O) groups is 1. The molecule has 0 N–H and O–H groups in total. The Labute approximate surface area is 96.0 Å². The van der Waals surface area contributed by atoms with Gasteiger partial charge in [-0.3, -0.25) is 0 Å². The quantitative estimate of drug-likeness (QED) is 0.428. The Morgan fingerprint density at radius 3 is 2.38 bits per heavy atom. The molecule has 0 aromatic carbocycles. The molecule has 0 unspecified atom stereocenters. The molecule has 0 spiro atoms. The van der Waals surface area contributed by atoms with E-state index in [-0.39, 0.29) is 5.97 Å². The van der Waals surface area contributed by atoms with Crippen LogP contribution in [-0.2, 0) is 9.53 Å². The van der Waals surface area contributed by atoms with Crippen molar-refractivity contribution in [2.24, 2.45) is 5.92 Å². The maximum atomic E-state index is 11.0. The lowest BCUT2D eigenvalue weighted by Crippen LogP contribution is -2.12. The first kappa shape index (κ1) is 13.2. The minimum atomic E-state index is -0.303. The predicted molar refractivity (Wildman–Crippen MR) is 61.5 cm³/mol. The molecule has 0 atom stereocenters. The molecule has 0 aromatic heterocycles. The van der Waals surface area contributed by atoms with Crippen LogP contribution in [0.1, 0.15) is 13.3 Å². The van der Waals surface area contributed by atoms with Crippen molar-refractivity contribution in [3.8, 4) is 0 Å². The summed E-state index contributed by atoms with van der Waals surface area (Å²) in [5.41, 5.74) is 0.453. The molecule has 0 fully saturated rings. The standard InChI is InChI=1S/C9H14Br2O2/c1-7(2)9(12)13-4-3-8(5-10)6-11/h8H,1,3-6H2,2H3. The predicted octanol–water partition coefficient (Wildman–Crippen LogP) is 2.90. The smallest absolute Gasteiger partial charge is 0.333 e. The molecule has 0 rings (SSSR count). The first-order chi connectivity index (χ1) is 6.11. The number of esters is 1. The van der Waals surface area contributed by atoms with Gasteiger partial charge in [0.2, 0.25) is 0 Å². The first-order valence-corrected chi connectivity index (χ1v) is 6.30. The van der Waals surface area contributed by atoms with E-state index in [0.717, 1.165) is 17.1 Å². The van der Waals surface area contributed by atoms with Crippen molar-refractivity contribution in [2.75, 3.05) is 17.3 Å². The topological polar surface area (TPSA) is 26.3 Å².